The molecular formula is C15H13F2NO3. The average Bonchev–Trinajstić information content (AvgIpc) is 2.47. The van der Waals surface area contributed by atoms with E-state index in [1.807, 2.05) is 0 Å². The summed E-state index contributed by atoms with van der Waals surface area (Å²) in [6.07, 6.45) is 0. The Bertz CT molecular complexity index is 618. The van der Waals surface area contributed by atoms with E-state index in [4.69, 9.17) is 4.74 Å². The molecule has 2 rings (SSSR count). The number of carbonyl (C=O) groups excluding carboxylic acids is 1. The highest BCUT2D eigenvalue weighted by Crippen LogP contribution is 2.32. The second-order valence-corrected chi connectivity index (χ2v) is 4.04. The van der Waals surface area contributed by atoms with Crippen molar-refractivity contribution in [3.8, 4) is 11.5 Å². The Labute approximate surface area is 120 Å². The van der Waals surface area contributed by atoms with Crippen molar-refractivity contribution < 1.29 is 23.0 Å². The highest BCUT2D eigenvalue weighted by Gasteiger charge is 2.20. The van der Waals surface area contributed by atoms with E-state index < -0.39 is 12.5 Å². The van der Waals surface area contributed by atoms with Crippen LogP contribution in [0.3, 0.4) is 0 Å². The van der Waals surface area contributed by atoms with Crippen LogP contribution in [0.2, 0.25) is 0 Å². The van der Waals surface area contributed by atoms with Crippen LogP contribution in [0.25, 0.3) is 0 Å². The van der Waals surface area contributed by atoms with E-state index in [0.717, 1.165) is 0 Å². The molecule has 0 fully saturated rings. The molecule has 0 heterocycles. The summed E-state index contributed by atoms with van der Waals surface area (Å²) in [5.41, 5.74) is 0.520. The molecule has 0 saturated carbocycles. The third-order valence-electron chi connectivity index (χ3n) is 2.68. The lowest BCUT2D eigenvalue weighted by molar-refractivity contribution is -0.0515. The van der Waals surface area contributed by atoms with Crippen molar-refractivity contribution in [3.05, 3.63) is 54.1 Å². The second-order valence-electron chi connectivity index (χ2n) is 4.04. The minimum Gasteiger partial charge on any atom is -0.493 e. The molecule has 0 saturated heterocycles. The lowest BCUT2D eigenvalue weighted by Gasteiger charge is -2.14. The molecule has 0 spiro atoms. The van der Waals surface area contributed by atoms with Crippen LogP contribution in [0.1, 0.15) is 10.4 Å². The minimum atomic E-state index is -3.05. The SMILES string of the molecule is COc1cccc(C(=O)Nc2ccccc2)c1OC(F)F. The predicted molar refractivity (Wildman–Crippen MR) is 74.0 cm³/mol. The Morgan fingerprint density at radius 3 is 2.43 bits per heavy atom. The highest BCUT2D eigenvalue weighted by molar-refractivity contribution is 6.06. The Morgan fingerprint density at radius 1 is 1.10 bits per heavy atom. The first-order valence-electron chi connectivity index (χ1n) is 6.10. The number of carbonyl (C=O) groups is 1. The number of alkyl halides is 2. The molecule has 2 aromatic rings. The molecule has 2 aromatic carbocycles. The average molecular weight is 293 g/mol. The lowest BCUT2D eigenvalue weighted by Crippen LogP contribution is -2.15. The summed E-state index contributed by atoms with van der Waals surface area (Å²) in [4.78, 5) is 12.2. The molecule has 110 valence electrons. The van der Waals surface area contributed by atoms with E-state index in [1.165, 1.54) is 25.3 Å². The van der Waals surface area contributed by atoms with Crippen molar-refractivity contribution in [2.75, 3.05) is 12.4 Å². The van der Waals surface area contributed by atoms with Gasteiger partial charge in [-0.25, -0.2) is 0 Å². The Hall–Kier alpha value is -2.63. The van der Waals surface area contributed by atoms with Gasteiger partial charge in [0.25, 0.3) is 5.91 Å². The summed E-state index contributed by atoms with van der Waals surface area (Å²) in [5.74, 6) is -0.782. The van der Waals surface area contributed by atoms with E-state index in [-0.39, 0.29) is 17.1 Å². The zero-order valence-corrected chi connectivity index (χ0v) is 11.2. The number of ether oxygens (including phenoxy) is 2. The Kier molecular flexibility index (Phi) is 4.71. The second kappa shape index (κ2) is 6.69. The number of methoxy groups -OCH3 is 1. The number of hydrogen-bond acceptors (Lipinski definition) is 3. The molecule has 0 bridgehead atoms. The van der Waals surface area contributed by atoms with Crippen LogP contribution in [0.4, 0.5) is 14.5 Å². The van der Waals surface area contributed by atoms with E-state index in [9.17, 15) is 13.6 Å². The molecular weight excluding hydrogens is 280 g/mol. The van der Waals surface area contributed by atoms with Crippen LogP contribution < -0.4 is 14.8 Å². The summed E-state index contributed by atoms with van der Waals surface area (Å²) < 4.78 is 34.4. The van der Waals surface area contributed by atoms with Gasteiger partial charge in [0, 0.05) is 5.69 Å². The third kappa shape index (κ3) is 3.68. The maximum atomic E-state index is 12.5. The molecule has 1 N–H and O–H groups in total. The minimum absolute atomic E-state index is 0.0292. The summed E-state index contributed by atoms with van der Waals surface area (Å²) in [6.45, 7) is -3.05. The smallest absolute Gasteiger partial charge is 0.387 e. The zero-order chi connectivity index (χ0) is 15.2. The predicted octanol–water partition coefficient (Wildman–Crippen LogP) is 3.55. The van der Waals surface area contributed by atoms with Crippen molar-refractivity contribution in [2.24, 2.45) is 0 Å². The fourth-order valence-electron chi connectivity index (χ4n) is 1.79. The van der Waals surface area contributed by atoms with Crippen molar-refractivity contribution in [3.63, 3.8) is 0 Å². The fourth-order valence-corrected chi connectivity index (χ4v) is 1.79. The largest absolute Gasteiger partial charge is 0.493 e. The number of amides is 1. The van der Waals surface area contributed by atoms with Crippen LogP contribution in [-0.4, -0.2) is 19.6 Å². The third-order valence-corrected chi connectivity index (χ3v) is 2.68. The number of benzene rings is 2. The molecule has 21 heavy (non-hydrogen) atoms. The van der Waals surface area contributed by atoms with Gasteiger partial charge in [0.05, 0.1) is 12.7 Å². The van der Waals surface area contributed by atoms with E-state index in [0.29, 0.717) is 5.69 Å². The van der Waals surface area contributed by atoms with Crippen LogP contribution in [0.15, 0.2) is 48.5 Å². The fraction of sp³-hybridized carbons (Fsp3) is 0.133. The molecule has 0 radical (unpaired) electrons. The number of halogens is 2. The Balaban J connectivity index is 2.31. The van der Waals surface area contributed by atoms with Gasteiger partial charge in [-0.15, -0.1) is 0 Å². The number of para-hydroxylation sites is 2. The quantitative estimate of drug-likeness (QED) is 0.917. The Morgan fingerprint density at radius 2 is 1.81 bits per heavy atom. The van der Waals surface area contributed by atoms with Crippen LogP contribution >= 0.6 is 0 Å². The van der Waals surface area contributed by atoms with Crippen molar-refractivity contribution in [2.45, 2.75) is 6.61 Å². The highest BCUT2D eigenvalue weighted by atomic mass is 19.3. The first kappa shape index (κ1) is 14.8. The number of anilines is 1. The van der Waals surface area contributed by atoms with Gasteiger partial charge in [0.1, 0.15) is 0 Å². The van der Waals surface area contributed by atoms with Crippen LogP contribution in [0.5, 0.6) is 11.5 Å². The topological polar surface area (TPSA) is 47.6 Å². The van der Waals surface area contributed by atoms with Crippen molar-refractivity contribution in [1.82, 2.24) is 0 Å². The number of rotatable bonds is 5. The molecule has 6 heteroatoms. The van der Waals surface area contributed by atoms with Crippen LogP contribution in [-0.2, 0) is 0 Å². The summed E-state index contributed by atoms with van der Waals surface area (Å²) in [6, 6.07) is 13.0. The van der Waals surface area contributed by atoms with Crippen molar-refractivity contribution in [1.29, 1.82) is 0 Å². The normalized spacial score (nSPS) is 10.3. The molecule has 0 unspecified atom stereocenters. The van der Waals surface area contributed by atoms with Gasteiger partial charge < -0.3 is 14.8 Å². The van der Waals surface area contributed by atoms with Gasteiger partial charge in [-0.05, 0) is 24.3 Å². The molecule has 0 aromatic heterocycles. The molecule has 1 amide bonds. The lowest BCUT2D eigenvalue weighted by atomic mass is 10.1. The van der Waals surface area contributed by atoms with E-state index in [2.05, 4.69) is 10.1 Å². The molecule has 4 nitrogen and oxygen atoms in total. The first-order valence-corrected chi connectivity index (χ1v) is 6.10. The molecule has 0 aliphatic carbocycles. The monoisotopic (exact) mass is 293 g/mol. The van der Waals surface area contributed by atoms with Gasteiger partial charge in [-0.3, -0.25) is 4.79 Å². The maximum Gasteiger partial charge on any atom is 0.387 e. The van der Waals surface area contributed by atoms with Crippen LogP contribution in [0, 0.1) is 0 Å². The van der Waals surface area contributed by atoms with Gasteiger partial charge >= 0.3 is 6.61 Å². The summed E-state index contributed by atoms with van der Waals surface area (Å²) in [5, 5.41) is 2.60. The number of hydrogen-bond donors (Lipinski definition) is 1. The van der Waals surface area contributed by atoms with Gasteiger partial charge in [0.2, 0.25) is 0 Å². The van der Waals surface area contributed by atoms with E-state index in [1.54, 1.807) is 30.3 Å². The maximum absolute atomic E-state index is 12.5. The summed E-state index contributed by atoms with van der Waals surface area (Å²) in [7, 11) is 1.31. The van der Waals surface area contributed by atoms with Gasteiger partial charge in [-0.2, -0.15) is 8.78 Å². The van der Waals surface area contributed by atoms with Gasteiger partial charge in [0.15, 0.2) is 11.5 Å². The van der Waals surface area contributed by atoms with Crippen molar-refractivity contribution >= 4 is 11.6 Å². The number of nitrogens with one attached hydrogen (secondary N) is 1. The standard InChI is InChI=1S/C15H13F2NO3/c1-20-12-9-5-8-11(13(12)21-15(16)17)14(19)18-10-6-3-2-4-7-10/h2-9,15H,1H3,(H,18,19). The summed E-state index contributed by atoms with van der Waals surface area (Å²) >= 11 is 0. The molecule has 0 atom stereocenters. The first-order chi connectivity index (χ1) is 10.1. The van der Waals surface area contributed by atoms with E-state index >= 15 is 0 Å². The zero-order valence-electron chi connectivity index (χ0n) is 11.2. The van der Waals surface area contributed by atoms with Gasteiger partial charge in [-0.1, -0.05) is 24.3 Å². The molecule has 0 aliphatic rings. The molecule has 0 aliphatic heterocycles.